The van der Waals surface area contributed by atoms with Gasteiger partial charge in [-0.15, -0.1) is 11.8 Å². The fourth-order valence-corrected chi connectivity index (χ4v) is 3.55. The highest BCUT2D eigenvalue weighted by atomic mass is 32.2. The number of rotatable bonds is 8. The largest absolute Gasteiger partial charge is 0.465 e. The average molecular weight is 443 g/mol. The maximum atomic E-state index is 14.2. The number of carbonyl (C=O) groups excluding carboxylic acids is 2. The molecule has 0 heterocycles. The van der Waals surface area contributed by atoms with E-state index in [1.165, 1.54) is 26.2 Å². The second kappa shape index (κ2) is 10.5. The Balaban J connectivity index is 1.97. The Kier molecular flexibility index (Phi) is 8.28. The summed E-state index contributed by atoms with van der Waals surface area (Å²) in [7, 11) is 1.26. The van der Waals surface area contributed by atoms with Gasteiger partial charge in [0.05, 0.1) is 18.4 Å². The van der Waals surface area contributed by atoms with Crippen LogP contribution in [-0.2, 0) is 22.5 Å². The van der Waals surface area contributed by atoms with E-state index in [-0.39, 0.29) is 30.9 Å². The van der Waals surface area contributed by atoms with Gasteiger partial charge in [-0.3, -0.25) is 4.79 Å². The molecule has 2 aromatic rings. The molecule has 0 spiro atoms. The van der Waals surface area contributed by atoms with Gasteiger partial charge in [-0.2, -0.15) is 13.2 Å². The molecule has 1 amide bonds. The number of halogens is 4. The van der Waals surface area contributed by atoms with E-state index < -0.39 is 23.7 Å². The Labute approximate surface area is 176 Å². The number of carbonyl (C=O) groups is 2. The predicted molar refractivity (Wildman–Crippen MR) is 106 cm³/mol. The third kappa shape index (κ3) is 7.05. The van der Waals surface area contributed by atoms with Crippen molar-refractivity contribution in [2.45, 2.75) is 37.4 Å². The number of amides is 1. The second-order valence-corrected chi connectivity index (χ2v) is 7.56. The lowest BCUT2D eigenvalue weighted by Crippen LogP contribution is -2.24. The Morgan fingerprint density at radius 3 is 2.50 bits per heavy atom. The van der Waals surface area contributed by atoms with E-state index in [0.717, 1.165) is 0 Å². The van der Waals surface area contributed by atoms with Gasteiger partial charge in [-0.05, 0) is 48.2 Å². The van der Waals surface area contributed by atoms with Crippen LogP contribution in [0.3, 0.4) is 0 Å². The Morgan fingerprint density at radius 1 is 1.13 bits per heavy atom. The molecule has 0 aliphatic carbocycles. The monoisotopic (exact) mass is 443 g/mol. The standard InChI is InChI=1S/C21H21F4NO3S/c1-13-9-17(22)14(10-18(13)30-12-21(23,24)25)7-8-19(27)26-11-15-5-3-4-6-16(15)20(28)29-2/h3-6,9-10H,7-8,11-12H2,1-2H3,(H,26,27). The SMILES string of the molecule is COC(=O)c1ccccc1CNC(=O)CCc1cc(SCC(F)(F)F)c(C)cc1F. The molecule has 0 fully saturated rings. The molecule has 4 nitrogen and oxygen atoms in total. The fraction of sp³-hybridized carbons (Fsp3) is 0.333. The number of benzene rings is 2. The van der Waals surface area contributed by atoms with Crippen molar-refractivity contribution in [2.75, 3.05) is 12.9 Å². The summed E-state index contributed by atoms with van der Waals surface area (Å²) in [5.41, 5.74) is 1.49. The minimum Gasteiger partial charge on any atom is -0.465 e. The van der Waals surface area contributed by atoms with Crippen LogP contribution in [0.4, 0.5) is 17.6 Å². The van der Waals surface area contributed by atoms with Crippen LogP contribution in [0.5, 0.6) is 0 Å². The summed E-state index contributed by atoms with van der Waals surface area (Å²) in [5.74, 6) is -2.53. The maximum Gasteiger partial charge on any atom is 0.398 e. The van der Waals surface area contributed by atoms with Crippen molar-refractivity contribution in [3.8, 4) is 0 Å². The van der Waals surface area contributed by atoms with Gasteiger partial charge >= 0.3 is 12.1 Å². The van der Waals surface area contributed by atoms with E-state index in [4.69, 9.17) is 4.74 Å². The van der Waals surface area contributed by atoms with E-state index in [1.807, 2.05) is 0 Å². The molecular weight excluding hydrogens is 422 g/mol. The van der Waals surface area contributed by atoms with Crippen molar-refractivity contribution < 1.29 is 31.9 Å². The lowest BCUT2D eigenvalue weighted by Gasteiger charge is -2.12. The molecule has 0 saturated heterocycles. The second-order valence-electron chi connectivity index (χ2n) is 6.54. The van der Waals surface area contributed by atoms with Gasteiger partial charge < -0.3 is 10.1 Å². The van der Waals surface area contributed by atoms with Crippen LogP contribution in [0.25, 0.3) is 0 Å². The van der Waals surface area contributed by atoms with E-state index >= 15 is 0 Å². The van der Waals surface area contributed by atoms with Crippen LogP contribution in [-0.4, -0.2) is 30.9 Å². The number of nitrogens with one attached hydrogen (secondary N) is 1. The van der Waals surface area contributed by atoms with Gasteiger partial charge in [0, 0.05) is 17.9 Å². The first-order chi connectivity index (χ1) is 14.1. The van der Waals surface area contributed by atoms with Crippen LogP contribution in [0.2, 0.25) is 0 Å². The first-order valence-corrected chi connectivity index (χ1v) is 10.0. The molecular formula is C21H21F4NO3S. The third-order valence-corrected chi connectivity index (χ3v) is 5.48. The smallest absolute Gasteiger partial charge is 0.398 e. The molecule has 162 valence electrons. The molecule has 30 heavy (non-hydrogen) atoms. The molecule has 0 aliphatic heterocycles. The number of hydrogen-bond acceptors (Lipinski definition) is 4. The molecule has 0 radical (unpaired) electrons. The molecule has 2 aromatic carbocycles. The van der Waals surface area contributed by atoms with Crippen LogP contribution >= 0.6 is 11.8 Å². The summed E-state index contributed by atoms with van der Waals surface area (Å²) in [4.78, 5) is 24.2. The zero-order valence-electron chi connectivity index (χ0n) is 16.4. The molecule has 0 atom stereocenters. The fourth-order valence-electron chi connectivity index (χ4n) is 2.72. The zero-order valence-corrected chi connectivity index (χ0v) is 17.3. The van der Waals surface area contributed by atoms with Crippen molar-refractivity contribution in [2.24, 2.45) is 0 Å². The summed E-state index contributed by atoms with van der Waals surface area (Å²) in [5, 5.41) is 2.66. The quantitative estimate of drug-likeness (QED) is 0.361. The molecule has 0 aromatic heterocycles. The van der Waals surface area contributed by atoms with Crippen LogP contribution < -0.4 is 5.32 Å². The van der Waals surface area contributed by atoms with E-state index in [9.17, 15) is 27.2 Å². The highest BCUT2D eigenvalue weighted by Gasteiger charge is 2.27. The van der Waals surface area contributed by atoms with Crippen molar-refractivity contribution in [1.29, 1.82) is 0 Å². The predicted octanol–water partition coefficient (Wildman–Crippen LogP) is 4.82. The lowest BCUT2D eigenvalue weighted by molar-refractivity contribution is -0.121. The van der Waals surface area contributed by atoms with Crippen molar-refractivity contribution in [3.63, 3.8) is 0 Å². The number of thioether (sulfide) groups is 1. The van der Waals surface area contributed by atoms with Crippen LogP contribution in [0.1, 0.15) is 33.5 Å². The summed E-state index contributed by atoms with van der Waals surface area (Å²) >= 11 is 0.589. The van der Waals surface area contributed by atoms with Gasteiger partial charge in [0.15, 0.2) is 0 Å². The third-order valence-electron chi connectivity index (χ3n) is 4.26. The first kappa shape index (κ1) is 23.7. The number of methoxy groups -OCH3 is 1. The van der Waals surface area contributed by atoms with Crippen LogP contribution in [0, 0.1) is 12.7 Å². The van der Waals surface area contributed by atoms with Gasteiger partial charge in [-0.1, -0.05) is 18.2 Å². The number of esters is 1. The number of alkyl halides is 3. The summed E-state index contributed by atoms with van der Waals surface area (Å²) in [6.45, 7) is 1.63. The Morgan fingerprint density at radius 2 is 1.83 bits per heavy atom. The van der Waals surface area contributed by atoms with E-state index in [0.29, 0.717) is 33.3 Å². The summed E-state index contributed by atoms with van der Waals surface area (Å²) in [6, 6.07) is 9.19. The number of hydrogen-bond donors (Lipinski definition) is 1. The summed E-state index contributed by atoms with van der Waals surface area (Å²) < 4.78 is 56.2. The Hall–Kier alpha value is -2.55. The Bertz CT molecular complexity index is 916. The van der Waals surface area contributed by atoms with Gasteiger partial charge in [0.1, 0.15) is 5.82 Å². The number of ether oxygens (including phenoxy) is 1. The first-order valence-electron chi connectivity index (χ1n) is 9.02. The number of aryl methyl sites for hydroxylation is 2. The molecule has 0 unspecified atom stereocenters. The molecule has 1 N–H and O–H groups in total. The van der Waals surface area contributed by atoms with Gasteiger partial charge in [0.25, 0.3) is 0 Å². The van der Waals surface area contributed by atoms with Gasteiger partial charge in [-0.25, -0.2) is 9.18 Å². The highest BCUT2D eigenvalue weighted by Crippen LogP contribution is 2.31. The minimum atomic E-state index is -4.33. The van der Waals surface area contributed by atoms with E-state index in [1.54, 1.807) is 24.3 Å². The van der Waals surface area contributed by atoms with E-state index in [2.05, 4.69) is 5.32 Å². The summed E-state index contributed by atoms with van der Waals surface area (Å²) in [6.07, 6.45) is -4.34. The molecule has 0 saturated carbocycles. The highest BCUT2D eigenvalue weighted by molar-refractivity contribution is 7.99. The van der Waals surface area contributed by atoms with Gasteiger partial charge in [0.2, 0.25) is 5.91 Å². The minimum absolute atomic E-state index is 0.0379. The maximum absolute atomic E-state index is 14.2. The molecule has 9 heteroatoms. The topological polar surface area (TPSA) is 55.4 Å². The van der Waals surface area contributed by atoms with Crippen molar-refractivity contribution in [1.82, 2.24) is 5.32 Å². The average Bonchev–Trinajstić information content (AvgIpc) is 2.69. The zero-order chi connectivity index (χ0) is 22.3. The normalized spacial score (nSPS) is 11.3. The molecule has 0 aliphatic rings. The molecule has 2 rings (SSSR count). The van der Waals surface area contributed by atoms with Crippen molar-refractivity contribution in [3.05, 3.63) is 64.5 Å². The molecule has 0 bridgehead atoms. The van der Waals surface area contributed by atoms with Crippen molar-refractivity contribution >= 4 is 23.6 Å². The van der Waals surface area contributed by atoms with Crippen LogP contribution in [0.15, 0.2) is 41.3 Å². The lowest BCUT2D eigenvalue weighted by atomic mass is 10.1.